The molecule has 0 aliphatic rings. The maximum atomic E-state index is 12.6. The maximum Gasteiger partial charge on any atom is 1.00 e. The van der Waals surface area contributed by atoms with Crippen molar-refractivity contribution >= 4 is 27.5 Å². The molecule has 5 aromatic rings. The van der Waals surface area contributed by atoms with Gasteiger partial charge >= 0.3 is 22.4 Å². The molecule has 0 spiro atoms. The summed E-state index contributed by atoms with van der Waals surface area (Å²) in [6.45, 7) is 0. The number of hydrogen-bond donors (Lipinski definition) is 0. The molecule has 0 saturated carbocycles. The van der Waals surface area contributed by atoms with Crippen molar-refractivity contribution in [2.24, 2.45) is 0 Å². The average Bonchev–Trinajstić information content (AvgIpc) is 3.23. The summed E-state index contributed by atoms with van der Waals surface area (Å²) in [7, 11) is 0. The van der Waals surface area contributed by atoms with Gasteiger partial charge in [-0.3, -0.25) is 4.68 Å². The Kier molecular flexibility index (Phi) is 4.92. The first-order chi connectivity index (χ1) is 13.3. The molecule has 4 nitrogen and oxygen atoms in total. The summed E-state index contributed by atoms with van der Waals surface area (Å²) in [5.41, 5.74) is 2.02. The van der Waals surface area contributed by atoms with Crippen LogP contribution in [0.2, 0.25) is 0 Å². The molecular formula is C23H14AuN3O. The molecule has 1 heterocycles. The van der Waals surface area contributed by atoms with Crippen molar-refractivity contribution in [3.8, 4) is 11.3 Å². The molecule has 138 valence electrons. The van der Waals surface area contributed by atoms with E-state index in [1.807, 2.05) is 42.5 Å². The third-order valence-corrected chi connectivity index (χ3v) is 4.68. The third-order valence-electron chi connectivity index (χ3n) is 4.68. The molecule has 5 rings (SSSR count). The molecule has 28 heavy (non-hydrogen) atoms. The molecule has 0 aliphatic carbocycles. The van der Waals surface area contributed by atoms with Crippen molar-refractivity contribution in [3.05, 3.63) is 96.7 Å². The second-order valence-corrected chi connectivity index (χ2v) is 6.32. The van der Waals surface area contributed by atoms with Crippen molar-refractivity contribution in [3.63, 3.8) is 0 Å². The number of carbonyl (C=O) groups is 1. The second kappa shape index (κ2) is 7.52. The molecule has 4 aromatic carbocycles. The fraction of sp³-hybridized carbons (Fsp3) is 0. The van der Waals surface area contributed by atoms with Crippen LogP contribution in [0, 0.1) is 6.20 Å². The van der Waals surface area contributed by atoms with Gasteiger partial charge in [-0.15, -0.1) is 0 Å². The van der Waals surface area contributed by atoms with Crippen LogP contribution in [0.4, 0.5) is 0 Å². The largest absolute Gasteiger partial charge is 1.00 e. The van der Waals surface area contributed by atoms with E-state index >= 15 is 0 Å². The van der Waals surface area contributed by atoms with Crippen molar-refractivity contribution in [1.29, 1.82) is 0 Å². The number of benzene rings is 4. The topological polar surface area (TPSA) is 47.8 Å². The van der Waals surface area contributed by atoms with Gasteiger partial charge in [-0.25, -0.2) is 0 Å². The van der Waals surface area contributed by atoms with Crippen LogP contribution in [-0.2, 0) is 22.4 Å². The SMILES string of the molecule is O=C(c1ccccc1)n1[c-]c(-c2cc3ccccc3c3ccccc23)nn1.[Au+]. The molecule has 1 aromatic heterocycles. The molecule has 0 bridgehead atoms. The predicted molar refractivity (Wildman–Crippen MR) is 105 cm³/mol. The predicted octanol–water partition coefficient (Wildman–Crippen LogP) is 4.74. The van der Waals surface area contributed by atoms with Crippen LogP contribution in [0.15, 0.2) is 84.9 Å². The van der Waals surface area contributed by atoms with Gasteiger partial charge in [0.2, 0.25) is 0 Å². The maximum absolute atomic E-state index is 12.6. The van der Waals surface area contributed by atoms with E-state index in [1.165, 1.54) is 10.1 Å². The van der Waals surface area contributed by atoms with Crippen molar-refractivity contribution in [2.45, 2.75) is 0 Å². The summed E-state index contributed by atoms with van der Waals surface area (Å²) in [5, 5.41) is 12.7. The van der Waals surface area contributed by atoms with Crippen LogP contribution < -0.4 is 0 Å². The molecule has 0 saturated heterocycles. The third kappa shape index (κ3) is 3.08. The van der Waals surface area contributed by atoms with E-state index in [1.54, 1.807) is 12.1 Å². The monoisotopic (exact) mass is 545 g/mol. The minimum atomic E-state index is -0.251. The smallest absolute Gasteiger partial charge is 0.343 e. The van der Waals surface area contributed by atoms with Crippen LogP contribution in [0.3, 0.4) is 0 Å². The van der Waals surface area contributed by atoms with Crippen LogP contribution >= 0.6 is 0 Å². The summed E-state index contributed by atoms with van der Waals surface area (Å²) in [5.74, 6) is -0.251. The fourth-order valence-electron chi connectivity index (χ4n) is 3.39. The summed E-state index contributed by atoms with van der Waals surface area (Å²) in [6, 6.07) is 27.5. The molecule has 0 fully saturated rings. The summed E-state index contributed by atoms with van der Waals surface area (Å²) in [4.78, 5) is 12.6. The van der Waals surface area contributed by atoms with Gasteiger partial charge in [-0.05, 0) is 27.9 Å². The number of nitrogens with zero attached hydrogens (tertiary/aromatic N) is 3. The van der Waals surface area contributed by atoms with Crippen LogP contribution in [0.25, 0.3) is 32.8 Å². The van der Waals surface area contributed by atoms with Crippen molar-refractivity contribution in [1.82, 2.24) is 15.0 Å². The van der Waals surface area contributed by atoms with Gasteiger partial charge in [-0.1, -0.05) is 101 Å². The average molecular weight is 545 g/mol. The number of hydrogen-bond acceptors (Lipinski definition) is 3. The van der Waals surface area contributed by atoms with E-state index in [9.17, 15) is 4.79 Å². The van der Waals surface area contributed by atoms with Crippen LogP contribution in [-0.4, -0.2) is 20.9 Å². The first-order valence-corrected chi connectivity index (χ1v) is 8.67. The number of aromatic nitrogens is 3. The van der Waals surface area contributed by atoms with E-state index < -0.39 is 0 Å². The van der Waals surface area contributed by atoms with Gasteiger partial charge in [-0.2, -0.15) is 5.10 Å². The van der Waals surface area contributed by atoms with E-state index in [-0.39, 0.29) is 28.3 Å². The molecule has 0 radical (unpaired) electrons. The summed E-state index contributed by atoms with van der Waals surface area (Å²) < 4.78 is 1.18. The number of rotatable bonds is 2. The standard InChI is InChI=1S/C23H14N3O.Au/c27-23(16-8-2-1-3-9-16)26-15-22(24-25-26)21-14-17-10-4-5-11-18(17)19-12-6-7-13-20(19)21;/h1-14H;/q-1;+1. The minimum absolute atomic E-state index is 0. The second-order valence-electron chi connectivity index (χ2n) is 6.32. The fourth-order valence-corrected chi connectivity index (χ4v) is 3.39. The van der Waals surface area contributed by atoms with Gasteiger partial charge in [0.1, 0.15) is 0 Å². The molecule has 5 heteroatoms. The Morgan fingerprint density at radius 1 is 0.786 bits per heavy atom. The molecular weight excluding hydrogens is 531 g/mol. The zero-order chi connectivity index (χ0) is 18.2. The van der Waals surface area contributed by atoms with Gasteiger partial charge in [0.05, 0.1) is 0 Å². The Morgan fingerprint density at radius 2 is 1.43 bits per heavy atom. The molecule has 0 aliphatic heterocycles. The Hall–Kier alpha value is -3.05. The van der Waals surface area contributed by atoms with Crippen molar-refractivity contribution < 1.29 is 27.2 Å². The zero-order valence-corrected chi connectivity index (χ0v) is 16.8. The van der Waals surface area contributed by atoms with E-state index in [0.29, 0.717) is 11.3 Å². The Labute approximate surface area is 177 Å². The molecule has 0 amide bonds. The van der Waals surface area contributed by atoms with Crippen molar-refractivity contribution in [2.75, 3.05) is 0 Å². The van der Waals surface area contributed by atoms with Crippen LogP contribution in [0.1, 0.15) is 10.4 Å². The van der Waals surface area contributed by atoms with E-state index in [4.69, 9.17) is 0 Å². The Morgan fingerprint density at radius 3 is 2.21 bits per heavy atom. The minimum Gasteiger partial charge on any atom is -0.343 e. The Bertz CT molecular complexity index is 1300. The first-order valence-electron chi connectivity index (χ1n) is 8.67. The first kappa shape index (κ1) is 18.3. The van der Waals surface area contributed by atoms with Gasteiger partial charge in [0.25, 0.3) is 0 Å². The molecule has 0 N–H and O–H groups in total. The van der Waals surface area contributed by atoms with Gasteiger partial charge < -0.3 is 4.79 Å². The normalized spacial score (nSPS) is 10.7. The zero-order valence-electron chi connectivity index (χ0n) is 14.6. The number of fused-ring (bicyclic) bond motifs is 3. The number of carbonyl (C=O) groups excluding carboxylic acids is 1. The van der Waals surface area contributed by atoms with Gasteiger partial charge in [0.15, 0.2) is 5.91 Å². The molecule has 0 unspecified atom stereocenters. The van der Waals surface area contributed by atoms with E-state index in [0.717, 1.165) is 21.7 Å². The van der Waals surface area contributed by atoms with Gasteiger partial charge in [0, 0.05) is 5.69 Å². The quantitative estimate of drug-likeness (QED) is 0.183. The molecule has 0 atom stereocenters. The summed E-state index contributed by atoms with van der Waals surface area (Å²) >= 11 is 0. The van der Waals surface area contributed by atoms with Crippen LogP contribution in [0.5, 0.6) is 0 Å². The van der Waals surface area contributed by atoms with E-state index in [2.05, 4.69) is 46.8 Å². The summed E-state index contributed by atoms with van der Waals surface area (Å²) in [6.07, 6.45) is 3.03. The Balaban J connectivity index is 0.00000192.